The zero-order valence-electron chi connectivity index (χ0n) is 15.4. The van der Waals surface area contributed by atoms with Gasteiger partial charge in [-0.2, -0.15) is 5.10 Å². The lowest BCUT2D eigenvalue weighted by Gasteiger charge is -2.15. The van der Waals surface area contributed by atoms with Crippen LogP contribution in [0.25, 0.3) is 22.0 Å². The van der Waals surface area contributed by atoms with Gasteiger partial charge in [0, 0.05) is 5.39 Å². The van der Waals surface area contributed by atoms with Gasteiger partial charge in [0.15, 0.2) is 0 Å². The van der Waals surface area contributed by atoms with Gasteiger partial charge in [-0.3, -0.25) is 5.10 Å². The highest BCUT2D eigenvalue weighted by Gasteiger charge is 2.12. The van der Waals surface area contributed by atoms with Crippen molar-refractivity contribution >= 4 is 22.0 Å². The van der Waals surface area contributed by atoms with Crippen molar-refractivity contribution in [2.45, 2.75) is 13.3 Å². The van der Waals surface area contributed by atoms with Crippen molar-refractivity contribution in [3.63, 3.8) is 0 Å². The number of aromatic amines is 1. The molecule has 0 saturated carbocycles. The molecule has 132 valence electrons. The smallest absolute Gasteiger partial charge is 0.0650 e. The Bertz CT molecular complexity index is 1100. The molecule has 0 unspecified atom stereocenters. The van der Waals surface area contributed by atoms with E-state index in [4.69, 9.17) is 0 Å². The number of H-pyrrole nitrogens is 1. The van der Waals surface area contributed by atoms with E-state index in [9.17, 15) is 0 Å². The first-order chi connectivity index (χ1) is 13.3. The average Bonchev–Trinajstić information content (AvgIpc) is 3.18. The number of nitrogens with zero attached hydrogens (tertiary/aromatic N) is 1. The number of hydrogen-bond acceptors (Lipinski definition) is 1. The minimum atomic E-state index is 0.887. The Morgan fingerprint density at radius 1 is 0.926 bits per heavy atom. The Morgan fingerprint density at radius 2 is 1.67 bits per heavy atom. The first kappa shape index (κ1) is 17.0. The van der Waals surface area contributed by atoms with Gasteiger partial charge in [-0.1, -0.05) is 66.7 Å². The van der Waals surface area contributed by atoms with Gasteiger partial charge in [-0.15, -0.1) is 6.58 Å². The number of rotatable bonds is 5. The number of aromatic nitrogens is 2. The third-order valence-electron chi connectivity index (χ3n) is 4.93. The van der Waals surface area contributed by atoms with Crippen LogP contribution in [-0.4, -0.2) is 10.2 Å². The van der Waals surface area contributed by atoms with Crippen LogP contribution in [0, 0.1) is 0 Å². The van der Waals surface area contributed by atoms with Crippen LogP contribution in [0.2, 0.25) is 0 Å². The molecule has 3 aromatic carbocycles. The summed E-state index contributed by atoms with van der Waals surface area (Å²) in [7, 11) is 0. The second kappa shape index (κ2) is 7.46. The van der Waals surface area contributed by atoms with Crippen molar-refractivity contribution in [2.75, 3.05) is 0 Å². The van der Waals surface area contributed by atoms with Crippen LogP contribution >= 0.6 is 0 Å². The fourth-order valence-electron chi connectivity index (χ4n) is 3.50. The second-order valence-corrected chi connectivity index (χ2v) is 6.73. The average molecular weight is 350 g/mol. The van der Waals surface area contributed by atoms with E-state index in [-0.39, 0.29) is 0 Å². The molecule has 0 atom stereocenters. The Morgan fingerprint density at radius 3 is 2.41 bits per heavy atom. The maximum absolute atomic E-state index is 4.16. The minimum absolute atomic E-state index is 0.887. The van der Waals surface area contributed by atoms with Gasteiger partial charge in [0.2, 0.25) is 0 Å². The molecule has 0 bridgehead atoms. The molecule has 0 amide bonds. The topological polar surface area (TPSA) is 28.7 Å². The first-order valence-corrected chi connectivity index (χ1v) is 9.16. The summed E-state index contributed by atoms with van der Waals surface area (Å²) in [4.78, 5) is 0. The molecule has 0 aliphatic rings. The van der Waals surface area contributed by atoms with Crippen LogP contribution in [0.4, 0.5) is 0 Å². The number of hydrogen-bond donors (Lipinski definition) is 1. The van der Waals surface area contributed by atoms with Gasteiger partial charge in [-0.05, 0) is 58.9 Å². The number of nitrogens with one attached hydrogen (secondary N) is 1. The molecule has 2 nitrogen and oxygen atoms in total. The van der Waals surface area contributed by atoms with Gasteiger partial charge in [0.1, 0.15) is 0 Å². The summed E-state index contributed by atoms with van der Waals surface area (Å²) >= 11 is 0. The van der Waals surface area contributed by atoms with E-state index >= 15 is 0 Å². The highest BCUT2D eigenvalue weighted by Crippen LogP contribution is 2.33. The minimum Gasteiger partial charge on any atom is -0.278 e. The van der Waals surface area contributed by atoms with Crippen molar-refractivity contribution in [2.24, 2.45) is 0 Å². The van der Waals surface area contributed by atoms with Gasteiger partial charge in [0.25, 0.3) is 0 Å². The third kappa shape index (κ3) is 3.47. The summed E-state index contributed by atoms with van der Waals surface area (Å²) in [6, 6.07) is 25.8. The SMILES string of the molecule is C=CCc1ccc(/C(=C(/C)c2ccccc2)c2ccc3[nH]ncc3c2)cc1. The third-order valence-corrected chi connectivity index (χ3v) is 4.93. The van der Waals surface area contributed by atoms with Crippen LogP contribution in [0.15, 0.2) is 91.6 Å². The van der Waals surface area contributed by atoms with E-state index in [2.05, 4.69) is 96.5 Å². The summed E-state index contributed by atoms with van der Waals surface area (Å²) in [5.41, 5.74) is 8.47. The Kier molecular flexibility index (Phi) is 4.71. The number of fused-ring (bicyclic) bond motifs is 1. The molecule has 27 heavy (non-hydrogen) atoms. The maximum Gasteiger partial charge on any atom is 0.0650 e. The van der Waals surface area contributed by atoms with E-state index in [1.54, 1.807) is 0 Å². The Hall–Kier alpha value is -3.39. The summed E-state index contributed by atoms with van der Waals surface area (Å²) in [6.45, 7) is 6.03. The molecular formula is C25H22N2. The Balaban J connectivity index is 1.90. The largest absolute Gasteiger partial charge is 0.278 e. The van der Waals surface area contributed by atoms with Gasteiger partial charge in [0.05, 0.1) is 11.7 Å². The highest BCUT2D eigenvalue weighted by molar-refractivity contribution is 5.99. The maximum atomic E-state index is 4.16. The Labute approximate surface area is 159 Å². The van der Waals surface area contributed by atoms with Crippen LogP contribution in [0.3, 0.4) is 0 Å². The van der Waals surface area contributed by atoms with Crippen LogP contribution in [-0.2, 0) is 6.42 Å². The molecular weight excluding hydrogens is 328 g/mol. The fourth-order valence-corrected chi connectivity index (χ4v) is 3.50. The summed E-state index contributed by atoms with van der Waals surface area (Å²) in [5.74, 6) is 0. The van der Waals surface area contributed by atoms with Crippen LogP contribution in [0.1, 0.15) is 29.2 Å². The van der Waals surface area contributed by atoms with Crippen molar-refractivity contribution < 1.29 is 0 Å². The van der Waals surface area contributed by atoms with Crippen molar-refractivity contribution in [1.82, 2.24) is 10.2 Å². The van der Waals surface area contributed by atoms with Gasteiger partial charge < -0.3 is 0 Å². The second-order valence-electron chi connectivity index (χ2n) is 6.73. The molecule has 0 fully saturated rings. The molecule has 0 aliphatic carbocycles. The normalized spacial score (nSPS) is 12.0. The standard InChI is InChI=1S/C25H22N2/c1-3-7-19-10-12-21(13-11-19)25(18(2)20-8-5-4-6-9-20)22-14-15-24-23(16-22)17-26-27-24/h3-6,8-17H,1,7H2,2H3,(H,26,27)/b25-18+. The van der Waals surface area contributed by atoms with Crippen molar-refractivity contribution in [3.8, 4) is 0 Å². The predicted octanol–water partition coefficient (Wildman–Crippen LogP) is 6.27. The highest BCUT2D eigenvalue weighted by atomic mass is 15.1. The lowest BCUT2D eigenvalue weighted by atomic mass is 9.89. The zero-order chi connectivity index (χ0) is 18.6. The zero-order valence-corrected chi connectivity index (χ0v) is 15.4. The quantitative estimate of drug-likeness (QED) is 0.333. The molecule has 0 spiro atoms. The molecule has 1 heterocycles. The van der Waals surface area contributed by atoms with E-state index < -0.39 is 0 Å². The predicted molar refractivity (Wildman–Crippen MR) is 114 cm³/mol. The molecule has 4 aromatic rings. The summed E-state index contributed by atoms with van der Waals surface area (Å²) in [6.07, 6.45) is 4.70. The lowest BCUT2D eigenvalue weighted by molar-refractivity contribution is 1.12. The van der Waals surface area contributed by atoms with Crippen LogP contribution < -0.4 is 0 Å². The molecule has 1 aromatic heterocycles. The molecule has 2 heteroatoms. The molecule has 1 N–H and O–H groups in total. The summed E-state index contributed by atoms with van der Waals surface area (Å²) in [5, 5.41) is 8.31. The lowest BCUT2D eigenvalue weighted by Crippen LogP contribution is -1.94. The van der Waals surface area contributed by atoms with Crippen molar-refractivity contribution in [3.05, 3.63) is 114 Å². The van der Waals surface area contributed by atoms with Gasteiger partial charge >= 0.3 is 0 Å². The van der Waals surface area contributed by atoms with E-state index in [1.807, 2.05) is 12.3 Å². The van der Waals surface area contributed by atoms with Gasteiger partial charge in [-0.25, -0.2) is 0 Å². The first-order valence-electron chi connectivity index (χ1n) is 9.16. The molecule has 4 rings (SSSR count). The summed E-state index contributed by atoms with van der Waals surface area (Å²) < 4.78 is 0. The number of allylic oxidation sites excluding steroid dienone is 2. The van der Waals surface area contributed by atoms with Crippen LogP contribution in [0.5, 0.6) is 0 Å². The van der Waals surface area contributed by atoms with Crippen molar-refractivity contribution in [1.29, 1.82) is 0 Å². The van der Waals surface area contributed by atoms with E-state index in [0.29, 0.717) is 0 Å². The van der Waals surface area contributed by atoms with E-state index in [0.717, 1.165) is 17.3 Å². The monoisotopic (exact) mass is 350 g/mol. The molecule has 0 aliphatic heterocycles. The molecule has 0 radical (unpaired) electrons. The molecule has 0 saturated heterocycles. The number of benzene rings is 3. The fraction of sp³-hybridized carbons (Fsp3) is 0.0800. The van der Waals surface area contributed by atoms with E-state index in [1.165, 1.54) is 33.4 Å².